The van der Waals surface area contributed by atoms with Crippen molar-refractivity contribution < 1.29 is 14.1 Å². The van der Waals surface area contributed by atoms with Gasteiger partial charge < -0.3 is 9.26 Å². The van der Waals surface area contributed by atoms with Crippen molar-refractivity contribution in [2.75, 3.05) is 13.6 Å². The van der Waals surface area contributed by atoms with E-state index in [2.05, 4.69) is 15.0 Å². The summed E-state index contributed by atoms with van der Waals surface area (Å²) in [6.07, 6.45) is 4.94. The monoisotopic (exact) mass is 265 g/mol. The van der Waals surface area contributed by atoms with Gasteiger partial charge in [0.2, 0.25) is 5.89 Å². The number of cyclic esters (lactones) is 1. The smallest absolute Gasteiger partial charge is 0.306 e. The van der Waals surface area contributed by atoms with Crippen LogP contribution < -0.4 is 0 Å². The van der Waals surface area contributed by atoms with Crippen molar-refractivity contribution in [3.8, 4) is 0 Å². The number of ether oxygens (including phenoxy) is 1. The fourth-order valence-electron chi connectivity index (χ4n) is 2.52. The van der Waals surface area contributed by atoms with E-state index in [4.69, 9.17) is 9.26 Å². The number of rotatable bonds is 5. The van der Waals surface area contributed by atoms with Gasteiger partial charge in [-0.25, -0.2) is 0 Å². The third kappa shape index (κ3) is 2.94. The Labute approximate surface area is 112 Å². The lowest BCUT2D eigenvalue weighted by Gasteiger charge is -2.20. The summed E-state index contributed by atoms with van der Waals surface area (Å²) in [4.78, 5) is 17.5. The third-order valence-electron chi connectivity index (χ3n) is 3.83. The van der Waals surface area contributed by atoms with Crippen molar-refractivity contribution in [2.24, 2.45) is 0 Å². The van der Waals surface area contributed by atoms with Crippen molar-refractivity contribution in [2.45, 2.75) is 50.7 Å². The van der Waals surface area contributed by atoms with E-state index in [-0.39, 0.29) is 12.1 Å². The molecule has 1 aromatic heterocycles. The molecule has 0 bridgehead atoms. The summed E-state index contributed by atoms with van der Waals surface area (Å²) in [5, 5.41) is 4.01. The van der Waals surface area contributed by atoms with Crippen LogP contribution in [0.15, 0.2) is 4.52 Å². The Hall–Kier alpha value is -1.43. The van der Waals surface area contributed by atoms with Gasteiger partial charge in [0, 0.05) is 18.9 Å². The van der Waals surface area contributed by atoms with E-state index in [0.29, 0.717) is 24.7 Å². The molecule has 1 unspecified atom stereocenters. The highest BCUT2D eigenvalue weighted by Gasteiger charge is 2.27. The first kappa shape index (κ1) is 12.6. The van der Waals surface area contributed by atoms with Crippen molar-refractivity contribution in [3.05, 3.63) is 11.7 Å². The molecule has 6 heteroatoms. The Morgan fingerprint density at radius 2 is 2.21 bits per heavy atom. The Morgan fingerprint density at radius 3 is 2.84 bits per heavy atom. The molecule has 1 aliphatic heterocycles. The van der Waals surface area contributed by atoms with E-state index in [1.165, 1.54) is 6.42 Å². The number of hydrogen-bond donors (Lipinski definition) is 0. The van der Waals surface area contributed by atoms with Crippen molar-refractivity contribution in [3.63, 3.8) is 0 Å². The fourth-order valence-corrected chi connectivity index (χ4v) is 2.52. The lowest BCUT2D eigenvalue weighted by Crippen LogP contribution is -2.29. The van der Waals surface area contributed by atoms with E-state index in [0.717, 1.165) is 31.7 Å². The summed E-state index contributed by atoms with van der Waals surface area (Å²) in [5.74, 6) is 1.88. The lowest BCUT2D eigenvalue weighted by molar-refractivity contribution is -0.141. The van der Waals surface area contributed by atoms with Crippen molar-refractivity contribution >= 4 is 5.97 Å². The second kappa shape index (κ2) is 5.28. The minimum absolute atomic E-state index is 0.00973. The van der Waals surface area contributed by atoms with Gasteiger partial charge in [0.15, 0.2) is 5.82 Å². The molecular weight excluding hydrogens is 246 g/mol. The zero-order valence-electron chi connectivity index (χ0n) is 11.2. The fraction of sp³-hybridized carbons (Fsp3) is 0.769. The molecule has 0 spiro atoms. The molecule has 3 rings (SSSR count). The van der Waals surface area contributed by atoms with Gasteiger partial charge in [0.25, 0.3) is 0 Å². The van der Waals surface area contributed by atoms with E-state index in [1.54, 1.807) is 0 Å². The minimum atomic E-state index is -0.0924. The van der Waals surface area contributed by atoms with Crippen molar-refractivity contribution in [1.29, 1.82) is 0 Å². The summed E-state index contributed by atoms with van der Waals surface area (Å²) >= 11 is 0. The molecule has 19 heavy (non-hydrogen) atoms. The number of aromatic nitrogens is 2. The molecule has 2 fully saturated rings. The second-order valence-electron chi connectivity index (χ2n) is 5.52. The topological polar surface area (TPSA) is 68.5 Å². The predicted octanol–water partition coefficient (Wildman–Crippen LogP) is 1.47. The van der Waals surface area contributed by atoms with Crippen LogP contribution in [0, 0.1) is 0 Å². The van der Waals surface area contributed by atoms with Gasteiger partial charge in [-0.1, -0.05) is 11.6 Å². The molecule has 0 aromatic carbocycles. The highest BCUT2D eigenvalue weighted by atomic mass is 16.5. The Bertz CT molecular complexity index is 456. The Kier molecular flexibility index (Phi) is 3.50. The third-order valence-corrected chi connectivity index (χ3v) is 3.83. The van der Waals surface area contributed by atoms with Crippen LogP contribution in [0.1, 0.15) is 49.7 Å². The molecule has 1 saturated carbocycles. The van der Waals surface area contributed by atoms with Crippen LogP contribution >= 0.6 is 0 Å². The molecule has 0 N–H and O–H groups in total. The van der Waals surface area contributed by atoms with Gasteiger partial charge in [-0.15, -0.1) is 0 Å². The average Bonchev–Trinajstić information content (AvgIpc) is 2.86. The highest BCUT2D eigenvalue weighted by molar-refractivity contribution is 5.71. The number of nitrogens with zero attached hydrogens (tertiary/aromatic N) is 3. The molecule has 0 radical (unpaired) electrons. The van der Waals surface area contributed by atoms with Crippen molar-refractivity contribution in [1.82, 2.24) is 15.0 Å². The summed E-state index contributed by atoms with van der Waals surface area (Å²) in [5.41, 5.74) is 0. The number of likely N-dealkylation sites (N-methyl/N-ethyl adjacent to an activating group) is 1. The summed E-state index contributed by atoms with van der Waals surface area (Å²) in [6, 6.07) is 0. The van der Waals surface area contributed by atoms with Gasteiger partial charge >= 0.3 is 5.97 Å². The molecular formula is C13H19N3O3. The number of esters is 1. The number of carbonyl (C=O) groups is 1. The van der Waals surface area contributed by atoms with Crippen LogP contribution in [0.2, 0.25) is 0 Å². The van der Waals surface area contributed by atoms with Gasteiger partial charge in [0.05, 0.1) is 6.54 Å². The maximum Gasteiger partial charge on any atom is 0.306 e. The zero-order valence-corrected chi connectivity index (χ0v) is 11.2. The molecule has 2 aliphatic rings. The van der Waals surface area contributed by atoms with Gasteiger partial charge in [-0.05, 0) is 26.3 Å². The van der Waals surface area contributed by atoms with Crippen LogP contribution in [0.4, 0.5) is 0 Å². The van der Waals surface area contributed by atoms with Crippen LogP contribution in [-0.2, 0) is 16.1 Å². The summed E-state index contributed by atoms with van der Waals surface area (Å²) < 4.78 is 10.5. The van der Waals surface area contributed by atoms with Gasteiger partial charge in [0.1, 0.15) is 6.10 Å². The van der Waals surface area contributed by atoms with Gasteiger partial charge in [-0.2, -0.15) is 4.98 Å². The molecule has 2 heterocycles. The zero-order chi connectivity index (χ0) is 13.2. The molecule has 6 nitrogen and oxygen atoms in total. The first-order chi connectivity index (χ1) is 9.20. The Morgan fingerprint density at radius 1 is 1.37 bits per heavy atom. The first-order valence-electron chi connectivity index (χ1n) is 6.91. The number of hydrogen-bond acceptors (Lipinski definition) is 6. The standard InChI is InChI=1S/C13H19N3O3/c1-16(7-10-5-6-12(17)18-10)8-11-14-13(19-15-11)9-3-2-4-9/h9-10H,2-8H2,1H3. The van der Waals surface area contributed by atoms with Gasteiger partial charge in [-0.3, -0.25) is 9.69 Å². The molecule has 1 saturated heterocycles. The quantitative estimate of drug-likeness (QED) is 0.751. The summed E-state index contributed by atoms with van der Waals surface area (Å²) in [7, 11) is 1.98. The molecule has 1 atom stereocenters. The largest absolute Gasteiger partial charge is 0.461 e. The van der Waals surface area contributed by atoms with E-state index in [1.807, 2.05) is 7.05 Å². The van der Waals surface area contributed by atoms with Crippen LogP contribution in [0.3, 0.4) is 0 Å². The maximum absolute atomic E-state index is 11.0. The lowest BCUT2D eigenvalue weighted by atomic mass is 9.85. The molecule has 1 aliphatic carbocycles. The minimum Gasteiger partial charge on any atom is -0.461 e. The predicted molar refractivity (Wildman–Crippen MR) is 66.3 cm³/mol. The number of carbonyl (C=O) groups excluding carboxylic acids is 1. The highest BCUT2D eigenvalue weighted by Crippen LogP contribution is 2.35. The van der Waals surface area contributed by atoms with Crippen LogP contribution in [0.25, 0.3) is 0 Å². The normalized spacial score (nSPS) is 23.7. The van der Waals surface area contributed by atoms with E-state index in [9.17, 15) is 4.79 Å². The first-order valence-corrected chi connectivity index (χ1v) is 6.91. The van der Waals surface area contributed by atoms with E-state index < -0.39 is 0 Å². The molecule has 0 amide bonds. The maximum atomic E-state index is 11.0. The SMILES string of the molecule is CN(Cc1noc(C2CCC2)n1)CC1CCC(=O)O1. The Balaban J connectivity index is 1.49. The van der Waals surface area contributed by atoms with Crippen LogP contribution in [0.5, 0.6) is 0 Å². The summed E-state index contributed by atoms with van der Waals surface area (Å²) in [6.45, 7) is 1.35. The second-order valence-corrected chi connectivity index (χ2v) is 5.52. The van der Waals surface area contributed by atoms with Crippen LogP contribution in [-0.4, -0.2) is 40.7 Å². The molecule has 1 aromatic rings. The average molecular weight is 265 g/mol. The van der Waals surface area contributed by atoms with E-state index >= 15 is 0 Å². The molecule has 104 valence electrons.